The van der Waals surface area contributed by atoms with E-state index in [2.05, 4.69) is 21.8 Å². The lowest BCUT2D eigenvalue weighted by Gasteiger charge is -2.06. The first-order valence-electron chi connectivity index (χ1n) is 8.65. The Morgan fingerprint density at radius 2 is 2.19 bits per heavy atom. The first kappa shape index (κ1) is 17.4. The zero-order valence-corrected chi connectivity index (χ0v) is 15.5. The van der Waals surface area contributed by atoms with Crippen LogP contribution in [0.2, 0.25) is 5.02 Å². The number of aromatic nitrogens is 2. The molecule has 1 aliphatic rings. The number of aryl methyl sites for hydroxylation is 1. The molecule has 0 fully saturated rings. The van der Waals surface area contributed by atoms with Crippen LogP contribution in [0.4, 0.5) is 0 Å². The molecule has 0 saturated heterocycles. The van der Waals surface area contributed by atoms with Gasteiger partial charge >= 0.3 is 0 Å². The molecule has 1 N–H and O–H groups in total. The molecule has 27 heavy (non-hydrogen) atoms. The predicted octanol–water partition coefficient (Wildman–Crippen LogP) is 3.77. The van der Waals surface area contributed by atoms with E-state index in [1.54, 1.807) is 18.2 Å². The van der Waals surface area contributed by atoms with Crippen molar-refractivity contribution in [1.29, 1.82) is 0 Å². The van der Waals surface area contributed by atoms with Crippen LogP contribution in [-0.4, -0.2) is 22.3 Å². The van der Waals surface area contributed by atoms with E-state index >= 15 is 0 Å². The van der Waals surface area contributed by atoms with Gasteiger partial charge in [-0.05, 0) is 42.8 Å². The molecular formula is C20H18ClN3O3. The molecule has 1 aliphatic heterocycles. The van der Waals surface area contributed by atoms with E-state index in [0.717, 1.165) is 29.0 Å². The summed E-state index contributed by atoms with van der Waals surface area (Å²) in [5, 5.41) is 3.33. The molecule has 1 aromatic heterocycles. The lowest BCUT2D eigenvalue weighted by atomic mass is 10.2. The van der Waals surface area contributed by atoms with Crippen LogP contribution in [0.5, 0.6) is 11.5 Å². The maximum absolute atomic E-state index is 12.2. The molecule has 138 valence electrons. The molecule has 3 aromatic rings. The van der Waals surface area contributed by atoms with Crippen LogP contribution in [0, 0.1) is 0 Å². The second kappa shape index (κ2) is 7.32. The molecule has 0 spiro atoms. The van der Waals surface area contributed by atoms with Crippen molar-refractivity contribution in [3.8, 4) is 11.5 Å². The van der Waals surface area contributed by atoms with Crippen molar-refractivity contribution in [2.24, 2.45) is 0 Å². The standard InChI is InChI=1S/C20H18ClN3O3/c1-2-24-16-6-4-3-5-15(16)23-18(24)11-22-19(25)8-7-13-9-14(21)20-17(10-13)26-12-27-20/h3-10H,2,11-12H2,1H3,(H,22,25)/b8-7+. The van der Waals surface area contributed by atoms with Crippen molar-refractivity contribution >= 4 is 34.6 Å². The Balaban J connectivity index is 1.45. The normalized spacial score (nSPS) is 12.8. The topological polar surface area (TPSA) is 65.4 Å². The van der Waals surface area contributed by atoms with Gasteiger partial charge in [-0.2, -0.15) is 0 Å². The van der Waals surface area contributed by atoms with Crippen molar-refractivity contribution in [3.05, 3.63) is 58.9 Å². The SMILES string of the molecule is CCn1c(CNC(=O)/C=C/c2cc(Cl)c3c(c2)OCO3)nc2ccccc21. The first-order valence-corrected chi connectivity index (χ1v) is 9.02. The molecule has 4 rings (SSSR count). The number of carbonyl (C=O) groups excluding carboxylic acids is 1. The summed E-state index contributed by atoms with van der Waals surface area (Å²) >= 11 is 6.15. The third-order valence-electron chi connectivity index (χ3n) is 4.35. The third-order valence-corrected chi connectivity index (χ3v) is 4.63. The van der Waals surface area contributed by atoms with Crippen LogP contribution >= 0.6 is 11.6 Å². The molecule has 2 heterocycles. The number of amides is 1. The lowest BCUT2D eigenvalue weighted by molar-refractivity contribution is -0.116. The summed E-state index contributed by atoms with van der Waals surface area (Å²) in [6.45, 7) is 3.36. The molecule has 0 unspecified atom stereocenters. The number of halogens is 1. The second-order valence-electron chi connectivity index (χ2n) is 6.05. The van der Waals surface area contributed by atoms with Gasteiger partial charge in [0, 0.05) is 12.6 Å². The van der Waals surface area contributed by atoms with Gasteiger partial charge in [0.25, 0.3) is 0 Å². The fourth-order valence-corrected chi connectivity index (χ4v) is 3.37. The number of carbonyl (C=O) groups is 1. The Hall–Kier alpha value is -2.99. The lowest BCUT2D eigenvalue weighted by Crippen LogP contribution is -2.22. The fraction of sp³-hybridized carbons (Fsp3) is 0.200. The van der Waals surface area contributed by atoms with E-state index in [1.165, 1.54) is 6.08 Å². The molecule has 0 saturated carbocycles. The number of nitrogens with zero attached hydrogens (tertiary/aromatic N) is 2. The van der Waals surface area contributed by atoms with Gasteiger partial charge in [0.05, 0.1) is 22.6 Å². The van der Waals surface area contributed by atoms with Gasteiger partial charge in [-0.1, -0.05) is 23.7 Å². The second-order valence-corrected chi connectivity index (χ2v) is 6.46. The van der Waals surface area contributed by atoms with Gasteiger partial charge in [0.2, 0.25) is 12.7 Å². The molecule has 0 aliphatic carbocycles. The van der Waals surface area contributed by atoms with Crippen LogP contribution in [-0.2, 0) is 17.9 Å². The average molecular weight is 384 g/mol. The minimum absolute atomic E-state index is 0.154. The van der Waals surface area contributed by atoms with Crippen molar-refractivity contribution in [2.75, 3.05) is 6.79 Å². The van der Waals surface area contributed by atoms with Crippen LogP contribution in [0.1, 0.15) is 18.3 Å². The van der Waals surface area contributed by atoms with Crippen molar-refractivity contribution in [1.82, 2.24) is 14.9 Å². The predicted molar refractivity (Wildman–Crippen MR) is 104 cm³/mol. The number of hydrogen-bond donors (Lipinski definition) is 1. The van der Waals surface area contributed by atoms with Gasteiger partial charge in [0.1, 0.15) is 5.82 Å². The van der Waals surface area contributed by atoms with E-state index < -0.39 is 0 Å². The molecule has 0 bridgehead atoms. The van der Waals surface area contributed by atoms with Crippen molar-refractivity contribution < 1.29 is 14.3 Å². The van der Waals surface area contributed by atoms with E-state index in [-0.39, 0.29) is 12.7 Å². The molecule has 0 atom stereocenters. The number of imidazole rings is 1. The first-order chi connectivity index (χ1) is 13.2. The summed E-state index contributed by atoms with van der Waals surface area (Å²) in [5.41, 5.74) is 2.75. The highest BCUT2D eigenvalue weighted by atomic mass is 35.5. The van der Waals surface area contributed by atoms with Crippen molar-refractivity contribution in [3.63, 3.8) is 0 Å². The molecule has 1 amide bonds. The summed E-state index contributed by atoms with van der Waals surface area (Å²) in [5.74, 6) is 1.74. The minimum atomic E-state index is -0.210. The van der Waals surface area contributed by atoms with Crippen LogP contribution in [0.25, 0.3) is 17.1 Å². The van der Waals surface area contributed by atoms with E-state index in [4.69, 9.17) is 21.1 Å². The number of hydrogen-bond acceptors (Lipinski definition) is 4. The Labute approximate surface area is 161 Å². The number of nitrogens with one attached hydrogen (secondary N) is 1. The summed E-state index contributed by atoms with van der Waals surface area (Å²) < 4.78 is 12.7. The van der Waals surface area contributed by atoms with Crippen molar-refractivity contribution in [2.45, 2.75) is 20.0 Å². The molecular weight excluding hydrogens is 366 g/mol. The van der Waals surface area contributed by atoms with Crippen LogP contribution < -0.4 is 14.8 Å². The smallest absolute Gasteiger partial charge is 0.244 e. The molecule has 7 heteroatoms. The molecule has 2 aromatic carbocycles. The van der Waals surface area contributed by atoms with Gasteiger partial charge in [0.15, 0.2) is 11.5 Å². The quantitative estimate of drug-likeness (QED) is 0.681. The number of rotatable bonds is 5. The number of fused-ring (bicyclic) bond motifs is 2. The molecule has 0 radical (unpaired) electrons. The summed E-state index contributed by atoms with van der Waals surface area (Å²) in [6, 6.07) is 11.5. The van der Waals surface area contributed by atoms with Gasteiger partial charge in [-0.3, -0.25) is 4.79 Å². The monoisotopic (exact) mass is 383 g/mol. The Kier molecular flexibility index (Phi) is 4.73. The largest absolute Gasteiger partial charge is 0.454 e. The average Bonchev–Trinajstić information content (AvgIpc) is 3.28. The maximum atomic E-state index is 12.2. The minimum Gasteiger partial charge on any atom is -0.454 e. The Morgan fingerprint density at radius 3 is 3.04 bits per heavy atom. The van der Waals surface area contributed by atoms with Gasteiger partial charge in [-0.25, -0.2) is 4.98 Å². The molecule has 6 nitrogen and oxygen atoms in total. The van der Waals surface area contributed by atoms with E-state index in [0.29, 0.717) is 23.1 Å². The van der Waals surface area contributed by atoms with Crippen LogP contribution in [0.15, 0.2) is 42.5 Å². The fourth-order valence-electron chi connectivity index (χ4n) is 3.09. The number of benzene rings is 2. The highest BCUT2D eigenvalue weighted by Gasteiger charge is 2.17. The van der Waals surface area contributed by atoms with Gasteiger partial charge in [-0.15, -0.1) is 0 Å². The number of ether oxygens (including phenoxy) is 2. The Bertz CT molecular complexity index is 1040. The zero-order chi connectivity index (χ0) is 18.8. The third kappa shape index (κ3) is 3.48. The van der Waals surface area contributed by atoms with Crippen LogP contribution in [0.3, 0.4) is 0 Å². The summed E-state index contributed by atoms with van der Waals surface area (Å²) in [4.78, 5) is 16.8. The van der Waals surface area contributed by atoms with E-state index in [9.17, 15) is 4.79 Å². The zero-order valence-electron chi connectivity index (χ0n) is 14.7. The van der Waals surface area contributed by atoms with E-state index in [1.807, 2.05) is 24.3 Å². The highest BCUT2D eigenvalue weighted by molar-refractivity contribution is 6.32. The summed E-state index contributed by atoms with van der Waals surface area (Å²) in [7, 11) is 0. The highest BCUT2D eigenvalue weighted by Crippen LogP contribution is 2.40. The van der Waals surface area contributed by atoms with Gasteiger partial charge < -0.3 is 19.4 Å². The Morgan fingerprint density at radius 1 is 1.33 bits per heavy atom. The maximum Gasteiger partial charge on any atom is 0.244 e. The summed E-state index contributed by atoms with van der Waals surface area (Å²) in [6.07, 6.45) is 3.15. The number of para-hydroxylation sites is 2.